The molecule has 194 valence electrons. The summed E-state index contributed by atoms with van der Waals surface area (Å²) in [7, 11) is 0. The minimum Gasteiger partial charge on any atom is -0.493 e. The number of benzene rings is 3. The van der Waals surface area contributed by atoms with Gasteiger partial charge in [0.25, 0.3) is 11.8 Å². The van der Waals surface area contributed by atoms with Crippen LogP contribution in [0.4, 0.5) is 0 Å². The molecule has 1 aliphatic heterocycles. The fraction of sp³-hybridized carbons (Fsp3) is 0.394. The summed E-state index contributed by atoms with van der Waals surface area (Å²) in [6.07, 6.45) is 11.7. The molecule has 0 unspecified atom stereocenters. The van der Waals surface area contributed by atoms with Gasteiger partial charge in [0, 0.05) is 12.1 Å². The van der Waals surface area contributed by atoms with Gasteiger partial charge in [-0.1, -0.05) is 105 Å². The lowest BCUT2D eigenvalue weighted by molar-refractivity contribution is 0.0651. The molecule has 0 aliphatic carbocycles. The number of hydrogen-bond donors (Lipinski definition) is 0. The Morgan fingerprint density at radius 2 is 1.14 bits per heavy atom. The van der Waals surface area contributed by atoms with Crippen LogP contribution in [0, 0.1) is 6.92 Å². The number of imide groups is 1. The number of carbonyl (C=O) groups is 2. The molecule has 0 N–H and O–H groups in total. The summed E-state index contributed by atoms with van der Waals surface area (Å²) >= 11 is 0. The number of carbonyl (C=O) groups excluding carboxylic acids is 2. The zero-order valence-electron chi connectivity index (χ0n) is 22.1. The Morgan fingerprint density at radius 1 is 0.595 bits per heavy atom. The van der Waals surface area contributed by atoms with Crippen molar-refractivity contribution in [1.29, 1.82) is 0 Å². The number of aryl methyl sites for hydroxylation is 1. The topological polar surface area (TPSA) is 46.6 Å². The van der Waals surface area contributed by atoms with Crippen LogP contribution in [0.1, 0.15) is 90.5 Å². The number of rotatable bonds is 15. The average molecular weight is 498 g/mol. The third-order valence-corrected chi connectivity index (χ3v) is 7.13. The molecular weight excluding hydrogens is 458 g/mol. The van der Waals surface area contributed by atoms with Crippen molar-refractivity contribution in [2.24, 2.45) is 0 Å². The fourth-order valence-electron chi connectivity index (χ4n) is 5.02. The molecule has 0 radical (unpaired) electrons. The average Bonchev–Trinajstić information content (AvgIpc) is 3.17. The Morgan fingerprint density at radius 3 is 1.76 bits per heavy atom. The lowest BCUT2D eigenvalue weighted by Crippen LogP contribution is -2.30. The molecule has 2 amide bonds. The number of fused-ring (bicyclic) bond motifs is 1. The van der Waals surface area contributed by atoms with Crippen molar-refractivity contribution in [2.45, 2.75) is 71.1 Å². The summed E-state index contributed by atoms with van der Waals surface area (Å²) in [4.78, 5) is 26.2. The Bertz CT molecular complexity index is 1140. The summed E-state index contributed by atoms with van der Waals surface area (Å²) in [5, 5.41) is 0. The van der Waals surface area contributed by atoms with Crippen LogP contribution < -0.4 is 4.74 Å². The SMILES string of the molecule is Cc1ccc(OCCCCCCCCCCCCN2C(=O)c3ccccc3C2=O)c(-c2ccccc2)c1. The number of nitrogens with zero attached hydrogens (tertiary/aromatic N) is 1. The van der Waals surface area contributed by atoms with Gasteiger partial charge in [-0.2, -0.15) is 0 Å². The molecule has 3 aromatic rings. The Labute approximate surface area is 221 Å². The molecule has 0 saturated carbocycles. The van der Waals surface area contributed by atoms with Crippen molar-refractivity contribution in [3.63, 3.8) is 0 Å². The van der Waals surface area contributed by atoms with Gasteiger partial charge in [0.2, 0.25) is 0 Å². The van der Waals surface area contributed by atoms with E-state index in [9.17, 15) is 9.59 Å². The Hall–Kier alpha value is -3.40. The molecule has 3 aromatic carbocycles. The molecule has 4 nitrogen and oxygen atoms in total. The zero-order chi connectivity index (χ0) is 25.9. The summed E-state index contributed by atoms with van der Waals surface area (Å²) in [5.74, 6) is 0.697. The first-order chi connectivity index (χ1) is 18.1. The van der Waals surface area contributed by atoms with Crippen LogP contribution in [0.5, 0.6) is 5.75 Å². The molecule has 1 aliphatic rings. The number of unbranched alkanes of at least 4 members (excludes halogenated alkanes) is 9. The molecule has 0 saturated heterocycles. The minimum absolute atomic E-state index is 0.137. The van der Waals surface area contributed by atoms with Gasteiger partial charge in [-0.15, -0.1) is 0 Å². The van der Waals surface area contributed by atoms with Gasteiger partial charge in [-0.25, -0.2) is 0 Å². The van der Waals surface area contributed by atoms with E-state index in [2.05, 4.69) is 49.4 Å². The largest absolute Gasteiger partial charge is 0.493 e. The van der Waals surface area contributed by atoms with Crippen LogP contribution >= 0.6 is 0 Å². The second-order valence-electron chi connectivity index (χ2n) is 10.1. The van der Waals surface area contributed by atoms with Crippen molar-refractivity contribution < 1.29 is 14.3 Å². The lowest BCUT2D eigenvalue weighted by Gasteiger charge is -2.13. The standard InChI is InChI=1S/C33H39NO3/c1-26-21-22-31(30(25-26)27-17-11-10-12-18-27)37-24-16-9-7-5-3-2-4-6-8-15-23-34-32(35)28-19-13-14-20-29(28)33(34)36/h10-14,17-22,25H,2-9,15-16,23-24H2,1H3. The first-order valence-electron chi connectivity index (χ1n) is 13.9. The van der Waals surface area contributed by atoms with Crippen molar-refractivity contribution in [1.82, 2.24) is 4.90 Å². The van der Waals surface area contributed by atoms with Crippen molar-refractivity contribution >= 4 is 11.8 Å². The highest BCUT2D eigenvalue weighted by Gasteiger charge is 2.34. The number of hydrogen-bond acceptors (Lipinski definition) is 3. The quantitative estimate of drug-likeness (QED) is 0.157. The van der Waals surface area contributed by atoms with Gasteiger partial charge in [0.05, 0.1) is 17.7 Å². The van der Waals surface area contributed by atoms with Crippen molar-refractivity contribution in [2.75, 3.05) is 13.2 Å². The molecule has 4 heteroatoms. The van der Waals surface area contributed by atoms with E-state index in [0.717, 1.165) is 38.0 Å². The van der Waals surface area contributed by atoms with Crippen molar-refractivity contribution in [3.8, 4) is 16.9 Å². The maximum absolute atomic E-state index is 12.4. The van der Waals surface area contributed by atoms with Gasteiger partial charge in [-0.05, 0) is 49.6 Å². The summed E-state index contributed by atoms with van der Waals surface area (Å²) in [6.45, 7) is 3.41. The van der Waals surface area contributed by atoms with Gasteiger partial charge in [0.15, 0.2) is 0 Å². The maximum atomic E-state index is 12.4. The smallest absolute Gasteiger partial charge is 0.261 e. The molecule has 1 heterocycles. The van der Waals surface area contributed by atoms with E-state index in [1.165, 1.54) is 60.1 Å². The molecular formula is C33H39NO3. The lowest BCUT2D eigenvalue weighted by atomic mass is 10.0. The highest BCUT2D eigenvalue weighted by atomic mass is 16.5. The Kier molecular flexibility index (Phi) is 9.93. The zero-order valence-corrected chi connectivity index (χ0v) is 22.1. The molecule has 0 fully saturated rings. The number of ether oxygens (including phenoxy) is 1. The minimum atomic E-state index is -0.137. The van der Waals surface area contributed by atoms with E-state index >= 15 is 0 Å². The fourth-order valence-corrected chi connectivity index (χ4v) is 5.02. The summed E-state index contributed by atoms with van der Waals surface area (Å²) < 4.78 is 6.15. The normalized spacial score (nSPS) is 12.7. The highest BCUT2D eigenvalue weighted by molar-refractivity contribution is 6.21. The van der Waals surface area contributed by atoms with E-state index in [4.69, 9.17) is 4.74 Å². The summed E-state index contributed by atoms with van der Waals surface area (Å²) in [5.41, 5.74) is 4.71. The summed E-state index contributed by atoms with van der Waals surface area (Å²) in [6, 6.07) is 24.0. The van der Waals surface area contributed by atoms with Crippen molar-refractivity contribution in [3.05, 3.63) is 89.5 Å². The highest BCUT2D eigenvalue weighted by Crippen LogP contribution is 2.31. The molecule has 0 aromatic heterocycles. The van der Waals surface area contributed by atoms with Gasteiger partial charge in [0.1, 0.15) is 5.75 Å². The second-order valence-corrected chi connectivity index (χ2v) is 10.1. The van der Waals surface area contributed by atoms with Crippen LogP contribution in [0.15, 0.2) is 72.8 Å². The molecule has 37 heavy (non-hydrogen) atoms. The third kappa shape index (κ3) is 7.31. The monoisotopic (exact) mass is 497 g/mol. The second kappa shape index (κ2) is 13.8. The molecule has 0 atom stereocenters. The van der Waals surface area contributed by atoms with E-state index < -0.39 is 0 Å². The van der Waals surface area contributed by atoms with Crippen LogP contribution in [0.3, 0.4) is 0 Å². The number of amides is 2. The van der Waals surface area contributed by atoms with E-state index in [1.54, 1.807) is 12.1 Å². The van der Waals surface area contributed by atoms with Gasteiger partial charge in [-0.3, -0.25) is 14.5 Å². The van der Waals surface area contributed by atoms with Gasteiger partial charge >= 0.3 is 0 Å². The van der Waals surface area contributed by atoms with E-state index in [0.29, 0.717) is 17.7 Å². The third-order valence-electron chi connectivity index (χ3n) is 7.13. The Balaban J connectivity index is 1.01. The predicted octanol–water partition coefficient (Wildman–Crippen LogP) is 8.24. The predicted molar refractivity (Wildman–Crippen MR) is 150 cm³/mol. The van der Waals surface area contributed by atoms with Crippen LogP contribution in [-0.2, 0) is 0 Å². The van der Waals surface area contributed by atoms with E-state index in [-0.39, 0.29) is 11.8 Å². The van der Waals surface area contributed by atoms with Crippen LogP contribution in [0.25, 0.3) is 11.1 Å². The molecule has 0 bridgehead atoms. The van der Waals surface area contributed by atoms with Crippen LogP contribution in [0.2, 0.25) is 0 Å². The van der Waals surface area contributed by atoms with Crippen LogP contribution in [-0.4, -0.2) is 29.9 Å². The molecule has 4 rings (SSSR count). The molecule has 0 spiro atoms. The maximum Gasteiger partial charge on any atom is 0.261 e. The van der Waals surface area contributed by atoms with E-state index in [1.807, 2.05) is 18.2 Å². The first-order valence-corrected chi connectivity index (χ1v) is 13.9. The van der Waals surface area contributed by atoms with Gasteiger partial charge < -0.3 is 4.74 Å². The first kappa shape index (κ1) is 26.7.